The summed E-state index contributed by atoms with van der Waals surface area (Å²) >= 11 is 0. The van der Waals surface area contributed by atoms with Crippen molar-refractivity contribution in [1.29, 1.82) is 15.8 Å². The molecule has 1 aromatic rings. The third-order valence-electron chi connectivity index (χ3n) is 5.93. The van der Waals surface area contributed by atoms with E-state index in [1.807, 2.05) is 30.3 Å². The molecule has 0 spiro atoms. The van der Waals surface area contributed by atoms with Gasteiger partial charge in [-0.15, -0.1) is 0 Å². The Labute approximate surface area is 173 Å². The molecule has 8 heteroatoms. The molecule has 150 valence electrons. The third kappa shape index (κ3) is 2.43. The van der Waals surface area contributed by atoms with E-state index in [9.17, 15) is 25.4 Å². The summed E-state index contributed by atoms with van der Waals surface area (Å²) < 4.78 is 9.79. The van der Waals surface area contributed by atoms with Crippen LogP contribution >= 0.6 is 0 Å². The van der Waals surface area contributed by atoms with Crippen LogP contribution in [0.2, 0.25) is 0 Å². The van der Waals surface area contributed by atoms with E-state index in [4.69, 9.17) is 15.2 Å². The van der Waals surface area contributed by atoms with Crippen molar-refractivity contribution in [2.24, 2.45) is 16.6 Å². The first-order valence-corrected chi connectivity index (χ1v) is 9.08. The van der Waals surface area contributed by atoms with Gasteiger partial charge in [0.1, 0.15) is 11.5 Å². The Morgan fingerprint density at radius 3 is 2.33 bits per heavy atom. The molecule has 0 saturated heterocycles. The first kappa shape index (κ1) is 20.6. The summed E-state index contributed by atoms with van der Waals surface area (Å²) in [4.78, 5) is 25.7. The first-order valence-electron chi connectivity index (χ1n) is 9.08. The molecule has 30 heavy (non-hydrogen) atoms. The van der Waals surface area contributed by atoms with Crippen molar-refractivity contribution >= 4 is 17.5 Å². The van der Waals surface area contributed by atoms with Gasteiger partial charge in [0.05, 0.1) is 44.0 Å². The van der Waals surface area contributed by atoms with Crippen molar-refractivity contribution in [1.82, 2.24) is 0 Å². The number of carbonyl (C=O) groups excluding carboxylic acids is 2. The largest absolute Gasteiger partial charge is 0.469 e. The number of ether oxygens (including phenoxy) is 2. The maximum absolute atomic E-state index is 13.3. The van der Waals surface area contributed by atoms with E-state index in [1.54, 1.807) is 12.1 Å². The van der Waals surface area contributed by atoms with Gasteiger partial charge in [0.25, 0.3) is 0 Å². The van der Waals surface area contributed by atoms with Gasteiger partial charge in [-0.3, -0.25) is 9.59 Å². The summed E-state index contributed by atoms with van der Waals surface area (Å²) in [5.74, 6) is -1.77. The lowest BCUT2D eigenvalue weighted by Crippen LogP contribution is -2.55. The molecule has 0 bridgehead atoms. The minimum absolute atomic E-state index is 0.0513. The van der Waals surface area contributed by atoms with Crippen molar-refractivity contribution in [3.63, 3.8) is 0 Å². The highest BCUT2D eigenvalue weighted by atomic mass is 16.5. The fourth-order valence-electron chi connectivity index (χ4n) is 4.52. The standard InChI is InChI=1S/C22H18N4O4/c1-29-17(27)9-22(20(28)30-2)16-8-7-13-5-3-4-6-14(13)18(16)15(10-23)19(26)21(22,11-24)12-25/h3-6H,7-9,26H2,1-2H3. The zero-order valence-electron chi connectivity index (χ0n) is 16.5. The smallest absolute Gasteiger partial charge is 0.319 e. The van der Waals surface area contributed by atoms with E-state index < -0.39 is 29.2 Å². The van der Waals surface area contributed by atoms with Crippen LogP contribution in [-0.2, 0) is 25.5 Å². The molecule has 0 radical (unpaired) electrons. The maximum atomic E-state index is 13.3. The molecule has 1 atom stereocenters. The molecule has 1 aromatic carbocycles. The van der Waals surface area contributed by atoms with E-state index in [1.165, 1.54) is 0 Å². The Morgan fingerprint density at radius 2 is 1.77 bits per heavy atom. The van der Waals surface area contributed by atoms with Crippen LogP contribution in [0.1, 0.15) is 24.0 Å². The topological polar surface area (TPSA) is 150 Å². The third-order valence-corrected chi connectivity index (χ3v) is 5.93. The number of nitrogens with two attached hydrogens (primary N) is 1. The minimum atomic E-state index is -2.32. The summed E-state index contributed by atoms with van der Waals surface area (Å²) in [6.07, 6.45) is 0.0974. The Bertz CT molecular complexity index is 1130. The lowest BCUT2D eigenvalue weighted by atomic mass is 9.51. The van der Waals surface area contributed by atoms with Crippen LogP contribution in [-0.4, -0.2) is 26.2 Å². The molecule has 0 amide bonds. The molecule has 1 unspecified atom stereocenters. The Balaban J connectivity index is 2.55. The van der Waals surface area contributed by atoms with E-state index >= 15 is 0 Å². The number of esters is 2. The van der Waals surface area contributed by atoms with Crippen LogP contribution in [0.3, 0.4) is 0 Å². The summed E-state index contributed by atoms with van der Waals surface area (Å²) in [5, 5.41) is 30.1. The van der Waals surface area contributed by atoms with Crippen molar-refractivity contribution in [3.8, 4) is 18.2 Å². The highest BCUT2D eigenvalue weighted by molar-refractivity contribution is 6.00. The maximum Gasteiger partial charge on any atom is 0.319 e. The van der Waals surface area contributed by atoms with Gasteiger partial charge in [-0.05, 0) is 29.5 Å². The van der Waals surface area contributed by atoms with Crippen molar-refractivity contribution in [2.75, 3.05) is 14.2 Å². The number of carbonyl (C=O) groups is 2. The number of hydrogen-bond donors (Lipinski definition) is 1. The van der Waals surface area contributed by atoms with Crippen molar-refractivity contribution < 1.29 is 19.1 Å². The highest BCUT2D eigenvalue weighted by Crippen LogP contribution is 2.61. The Hall–Kier alpha value is -4.09. The molecule has 3 rings (SSSR count). The fourth-order valence-corrected chi connectivity index (χ4v) is 4.52. The molecule has 2 aliphatic rings. The van der Waals surface area contributed by atoms with Gasteiger partial charge in [-0.25, -0.2) is 0 Å². The second kappa shape index (κ2) is 7.39. The zero-order valence-corrected chi connectivity index (χ0v) is 16.5. The molecular formula is C22H18N4O4. The summed E-state index contributed by atoms with van der Waals surface area (Å²) in [6, 6.07) is 13.0. The van der Waals surface area contributed by atoms with Crippen LogP contribution in [0.4, 0.5) is 0 Å². The van der Waals surface area contributed by atoms with Crippen LogP contribution < -0.4 is 5.73 Å². The van der Waals surface area contributed by atoms with Gasteiger partial charge in [0.2, 0.25) is 5.41 Å². The number of nitriles is 3. The molecule has 8 nitrogen and oxygen atoms in total. The number of fused-ring (bicyclic) bond motifs is 2. The van der Waals surface area contributed by atoms with E-state index in [0.29, 0.717) is 23.1 Å². The predicted molar refractivity (Wildman–Crippen MR) is 103 cm³/mol. The minimum Gasteiger partial charge on any atom is -0.469 e. The SMILES string of the molecule is COC(=O)CC1(C(=O)OC)C2=C(C(C#N)=C(N)C1(C#N)C#N)c1ccccc1CC2. The van der Waals surface area contributed by atoms with E-state index in [-0.39, 0.29) is 17.7 Å². The number of rotatable bonds is 3. The molecule has 0 aromatic heterocycles. The summed E-state index contributed by atoms with van der Waals surface area (Å²) in [7, 11) is 2.25. The van der Waals surface area contributed by atoms with E-state index in [0.717, 1.165) is 19.8 Å². The normalized spacial score (nSPS) is 21.3. The molecule has 0 fully saturated rings. The van der Waals surface area contributed by atoms with Gasteiger partial charge in [-0.1, -0.05) is 24.3 Å². The number of methoxy groups -OCH3 is 2. The summed E-state index contributed by atoms with van der Waals surface area (Å²) in [5.41, 5.74) is 3.74. The molecule has 2 N–H and O–H groups in total. The van der Waals surface area contributed by atoms with Crippen LogP contribution in [0.15, 0.2) is 41.1 Å². The molecule has 0 aliphatic heterocycles. The van der Waals surface area contributed by atoms with Crippen LogP contribution in [0.25, 0.3) is 5.57 Å². The molecule has 2 aliphatic carbocycles. The number of nitrogens with zero attached hydrogens (tertiary/aromatic N) is 3. The Kier molecular flexibility index (Phi) is 5.08. The second-order valence-electron chi connectivity index (χ2n) is 7.03. The number of benzene rings is 1. The van der Waals surface area contributed by atoms with E-state index in [2.05, 4.69) is 0 Å². The van der Waals surface area contributed by atoms with Gasteiger partial charge in [-0.2, -0.15) is 15.8 Å². The van der Waals surface area contributed by atoms with Crippen molar-refractivity contribution in [2.45, 2.75) is 19.3 Å². The lowest BCUT2D eigenvalue weighted by Gasteiger charge is -2.47. The van der Waals surface area contributed by atoms with Crippen molar-refractivity contribution in [3.05, 3.63) is 52.2 Å². The molecule has 0 saturated carbocycles. The first-order chi connectivity index (χ1) is 14.4. The number of hydrogen-bond acceptors (Lipinski definition) is 8. The lowest BCUT2D eigenvalue weighted by molar-refractivity contribution is -0.160. The molecular weight excluding hydrogens is 384 g/mol. The Morgan fingerprint density at radius 1 is 1.10 bits per heavy atom. The number of aryl methyl sites for hydroxylation is 1. The molecule has 0 heterocycles. The quantitative estimate of drug-likeness (QED) is 0.753. The average molecular weight is 402 g/mol. The highest BCUT2D eigenvalue weighted by Gasteiger charge is 2.67. The van der Waals surface area contributed by atoms with Gasteiger partial charge in [0.15, 0.2) is 0 Å². The monoisotopic (exact) mass is 402 g/mol. The average Bonchev–Trinajstić information content (AvgIpc) is 2.78. The predicted octanol–water partition coefficient (Wildman–Crippen LogP) is 1.89. The second-order valence-corrected chi connectivity index (χ2v) is 7.03. The van der Waals surface area contributed by atoms with Gasteiger partial charge >= 0.3 is 11.9 Å². The van der Waals surface area contributed by atoms with Gasteiger partial charge in [0, 0.05) is 5.57 Å². The zero-order chi connectivity index (χ0) is 22.1. The number of allylic oxidation sites excluding steroid dienone is 3. The van der Waals surface area contributed by atoms with Crippen LogP contribution in [0, 0.1) is 44.8 Å². The fraction of sp³-hybridized carbons (Fsp3) is 0.318. The van der Waals surface area contributed by atoms with Gasteiger partial charge < -0.3 is 15.2 Å². The summed E-state index contributed by atoms with van der Waals surface area (Å²) in [6.45, 7) is 0. The van der Waals surface area contributed by atoms with Crippen LogP contribution in [0.5, 0.6) is 0 Å².